The van der Waals surface area contributed by atoms with Crippen molar-refractivity contribution in [3.05, 3.63) is 77.2 Å². The van der Waals surface area contributed by atoms with Crippen LogP contribution in [0.5, 0.6) is 0 Å². The highest BCUT2D eigenvalue weighted by Gasteiger charge is 2.29. The fraction of sp³-hybridized carbons (Fsp3) is 0.250. The van der Waals surface area contributed by atoms with E-state index in [1.165, 1.54) is 6.07 Å². The van der Waals surface area contributed by atoms with Crippen molar-refractivity contribution in [3.63, 3.8) is 0 Å². The number of nitrogens with one attached hydrogen (secondary N) is 2. The average Bonchev–Trinajstić information content (AvgIpc) is 3.43. The lowest BCUT2D eigenvalue weighted by atomic mass is 9.98. The van der Waals surface area contributed by atoms with Gasteiger partial charge in [0.15, 0.2) is 11.5 Å². The molecule has 3 N–H and O–H groups in total. The zero-order valence-electron chi connectivity index (χ0n) is 17.9. The van der Waals surface area contributed by atoms with Crippen LogP contribution in [-0.2, 0) is 16.1 Å². The number of nitrogens with zero attached hydrogens (tertiary/aromatic N) is 1. The Labute approximate surface area is 189 Å². The molecule has 3 aromatic rings. The predicted molar refractivity (Wildman–Crippen MR) is 118 cm³/mol. The van der Waals surface area contributed by atoms with Crippen LogP contribution in [-0.4, -0.2) is 40.9 Å². The quantitative estimate of drug-likeness (QED) is 0.481. The van der Waals surface area contributed by atoms with Crippen molar-refractivity contribution in [2.75, 3.05) is 6.61 Å². The lowest BCUT2D eigenvalue weighted by molar-refractivity contribution is -0.123. The monoisotopic (exact) mass is 449 g/mol. The topological polar surface area (TPSA) is 131 Å². The summed E-state index contributed by atoms with van der Waals surface area (Å²) in [6, 6.07) is 16.5. The van der Waals surface area contributed by atoms with Crippen LogP contribution >= 0.6 is 0 Å². The lowest BCUT2D eigenvalue weighted by Crippen LogP contribution is -2.46. The summed E-state index contributed by atoms with van der Waals surface area (Å²) in [6.07, 6.45) is -0.348. The molecule has 1 heterocycles. The maximum Gasteiger partial charge on any atom is 0.407 e. The first-order valence-electron chi connectivity index (χ1n) is 10.6. The van der Waals surface area contributed by atoms with Gasteiger partial charge >= 0.3 is 12.1 Å². The third-order valence-electron chi connectivity index (χ3n) is 5.58. The Morgan fingerprint density at radius 1 is 1.09 bits per heavy atom. The molecule has 2 amide bonds. The highest BCUT2D eigenvalue weighted by molar-refractivity contribution is 5.86. The summed E-state index contributed by atoms with van der Waals surface area (Å²) in [7, 11) is 0. The molecule has 1 aliphatic rings. The fourth-order valence-electron chi connectivity index (χ4n) is 3.93. The highest BCUT2D eigenvalue weighted by atomic mass is 16.5. The second-order valence-corrected chi connectivity index (χ2v) is 7.63. The Morgan fingerprint density at radius 2 is 1.73 bits per heavy atom. The minimum atomic E-state index is -1.22. The molecular formula is C24H23N3O6. The van der Waals surface area contributed by atoms with E-state index in [1.807, 2.05) is 36.4 Å². The van der Waals surface area contributed by atoms with Gasteiger partial charge in [0.25, 0.3) is 0 Å². The Kier molecular flexibility index (Phi) is 6.39. The maximum absolute atomic E-state index is 12.5. The van der Waals surface area contributed by atoms with Crippen molar-refractivity contribution >= 4 is 18.0 Å². The van der Waals surface area contributed by atoms with Crippen molar-refractivity contribution in [1.29, 1.82) is 0 Å². The minimum absolute atomic E-state index is 0.0536. The van der Waals surface area contributed by atoms with Gasteiger partial charge in [0.05, 0.1) is 6.54 Å². The Hall–Kier alpha value is -4.14. The summed E-state index contributed by atoms with van der Waals surface area (Å²) < 4.78 is 10.4. The molecular weight excluding hydrogens is 426 g/mol. The van der Waals surface area contributed by atoms with Crippen molar-refractivity contribution in [3.8, 4) is 11.1 Å². The van der Waals surface area contributed by atoms with Crippen molar-refractivity contribution in [2.24, 2.45) is 0 Å². The van der Waals surface area contributed by atoms with Crippen molar-refractivity contribution < 1.29 is 28.8 Å². The molecule has 0 bridgehead atoms. The molecule has 1 aliphatic carbocycles. The van der Waals surface area contributed by atoms with Crippen LogP contribution < -0.4 is 10.6 Å². The van der Waals surface area contributed by atoms with Gasteiger partial charge in [-0.15, -0.1) is 0 Å². The van der Waals surface area contributed by atoms with Crippen molar-refractivity contribution in [1.82, 2.24) is 15.8 Å². The van der Waals surface area contributed by atoms with Crippen LogP contribution in [0.3, 0.4) is 0 Å². The number of carbonyl (C=O) groups excluding carboxylic acids is 2. The van der Waals surface area contributed by atoms with Gasteiger partial charge in [-0.05, 0) is 28.7 Å². The van der Waals surface area contributed by atoms with E-state index in [9.17, 15) is 14.4 Å². The third kappa shape index (κ3) is 4.72. The molecule has 9 nitrogen and oxygen atoms in total. The number of fused-ring (bicyclic) bond motifs is 3. The van der Waals surface area contributed by atoms with Crippen LogP contribution in [0.4, 0.5) is 4.79 Å². The summed E-state index contributed by atoms with van der Waals surface area (Å²) in [5.74, 6) is -1.55. The summed E-state index contributed by atoms with van der Waals surface area (Å²) >= 11 is 0. The van der Waals surface area contributed by atoms with Gasteiger partial charge in [-0.25, -0.2) is 9.59 Å². The van der Waals surface area contributed by atoms with E-state index in [-0.39, 0.29) is 30.5 Å². The minimum Gasteiger partial charge on any atom is -0.476 e. The van der Waals surface area contributed by atoms with Gasteiger partial charge in [0, 0.05) is 12.0 Å². The zero-order chi connectivity index (χ0) is 23.4. The van der Waals surface area contributed by atoms with Gasteiger partial charge in [-0.2, -0.15) is 0 Å². The number of carboxylic acid groups (broad SMARTS) is 1. The number of rotatable bonds is 8. The van der Waals surface area contributed by atoms with Gasteiger partial charge in [0.1, 0.15) is 12.6 Å². The second-order valence-electron chi connectivity index (χ2n) is 7.63. The molecule has 0 radical (unpaired) electrons. The van der Waals surface area contributed by atoms with Crippen molar-refractivity contribution in [2.45, 2.75) is 31.8 Å². The second kappa shape index (κ2) is 9.56. The number of hydrogen-bond acceptors (Lipinski definition) is 6. The first-order valence-corrected chi connectivity index (χ1v) is 10.6. The number of benzene rings is 2. The molecule has 4 rings (SSSR count). The third-order valence-corrected chi connectivity index (χ3v) is 5.58. The van der Waals surface area contributed by atoms with E-state index in [4.69, 9.17) is 14.4 Å². The Morgan fingerprint density at radius 3 is 2.30 bits per heavy atom. The van der Waals surface area contributed by atoms with Crippen LogP contribution in [0, 0.1) is 0 Å². The Balaban J connectivity index is 1.33. The number of amides is 2. The largest absolute Gasteiger partial charge is 0.476 e. The molecule has 0 aliphatic heterocycles. The zero-order valence-corrected chi connectivity index (χ0v) is 17.9. The van der Waals surface area contributed by atoms with Gasteiger partial charge in [-0.3, -0.25) is 4.79 Å². The molecule has 9 heteroatoms. The standard InChI is InChI=1S/C24H23N3O6/c1-2-20(22(28)25-12-14-11-21(23(29)30)27-33-14)26-24(31)32-13-19-17-9-5-3-7-15(17)16-8-4-6-10-18(16)19/h3-11,19-20H,2,12-13H2,1H3,(H,25,28)(H,26,31)(H,29,30). The van der Waals surface area contributed by atoms with E-state index in [1.54, 1.807) is 6.92 Å². The molecule has 2 aromatic carbocycles. The number of ether oxygens (including phenoxy) is 1. The van der Waals surface area contributed by atoms with Gasteiger partial charge in [0.2, 0.25) is 5.91 Å². The smallest absolute Gasteiger partial charge is 0.407 e. The highest BCUT2D eigenvalue weighted by Crippen LogP contribution is 2.44. The van der Waals surface area contributed by atoms with E-state index in [0.29, 0.717) is 6.42 Å². The van der Waals surface area contributed by atoms with E-state index in [2.05, 4.69) is 27.9 Å². The van der Waals surface area contributed by atoms with Crippen LogP contribution in [0.2, 0.25) is 0 Å². The van der Waals surface area contributed by atoms with E-state index >= 15 is 0 Å². The number of carboxylic acids is 1. The molecule has 1 atom stereocenters. The van der Waals surface area contributed by atoms with Gasteiger partial charge < -0.3 is 25.0 Å². The van der Waals surface area contributed by atoms with Gasteiger partial charge in [-0.1, -0.05) is 60.6 Å². The predicted octanol–water partition coefficient (Wildman–Crippen LogP) is 3.31. The molecule has 170 valence electrons. The number of carbonyl (C=O) groups is 3. The number of aromatic nitrogens is 1. The summed E-state index contributed by atoms with van der Waals surface area (Å²) in [6.45, 7) is 1.85. The van der Waals surface area contributed by atoms with E-state index < -0.39 is 24.0 Å². The lowest BCUT2D eigenvalue weighted by Gasteiger charge is -2.18. The normalized spacial score (nSPS) is 13.0. The van der Waals surface area contributed by atoms with E-state index in [0.717, 1.165) is 22.3 Å². The summed E-state index contributed by atoms with van der Waals surface area (Å²) in [5.41, 5.74) is 4.22. The SMILES string of the molecule is CCC(NC(=O)OCC1c2ccccc2-c2ccccc21)C(=O)NCc1cc(C(=O)O)no1. The molecule has 1 aromatic heterocycles. The number of aromatic carboxylic acids is 1. The molecule has 0 spiro atoms. The van der Waals surface area contributed by atoms with Crippen LogP contribution in [0.15, 0.2) is 59.1 Å². The summed E-state index contributed by atoms with van der Waals surface area (Å²) in [5, 5.41) is 17.4. The number of alkyl carbamates (subject to hydrolysis) is 1. The fourth-order valence-corrected chi connectivity index (χ4v) is 3.93. The molecule has 0 fully saturated rings. The van der Waals surface area contributed by atoms with Crippen LogP contribution in [0.25, 0.3) is 11.1 Å². The molecule has 0 saturated carbocycles. The molecule has 0 saturated heterocycles. The first kappa shape index (κ1) is 22.1. The maximum atomic E-state index is 12.5. The molecule has 1 unspecified atom stereocenters. The average molecular weight is 449 g/mol. The Bertz CT molecular complexity index is 1140. The van der Waals surface area contributed by atoms with Crippen LogP contribution in [0.1, 0.15) is 46.6 Å². The number of hydrogen-bond donors (Lipinski definition) is 3. The summed E-state index contributed by atoms with van der Waals surface area (Å²) in [4.78, 5) is 35.7. The first-order chi connectivity index (χ1) is 16.0. The molecule has 33 heavy (non-hydrogen) atoms.